The van der Waals surface area contributed by atoms with E-state index in [9.17, 15) is 9.90 Å². The monoisotopic (exact) mass is 382 g/mol. The molecule has 4 heteroatoms. The summed E-state index contributed by atoms with van der Waals surface area (Å²) >= 11 is 4.11. The number of halogens is 1. The quantitative estimate of drug-likeness (QED) is 0.652. The Labute approximate surface area is 146 Å². The molecule has 0 amide bonds. The summed E-state index contributed by atoms with van der Waals surface area (Å²) in [5.41, 5.74) is 0.129. The van der Waals surface area contributed by atoms with Crippen molar-refractivity contribution in [3.8, 4) is 0 Å². The minimum atomic E-state index is -0.190. The van der Waals surface area contributed by atoms with Crippen molar-refractivity contribution in [3.05, 3.63) is 0 Å². The van der Waals surface area contributed by atoms with Gasteiger partial charge in [-0.3, -0.25) is 4.79 Å². The topological polar surface area (TPSA) is 46.5 Å². The van der Waals surface area contributed by atoms with E-state index in [1.165, 1.54) is 6.42 Å². The number of hydrogen-bond donors (Lipinski definition) is 1. The number of carbonyl (C=O) groups is 1. The fourth-order valence-corrected chi connectivity index (χ4v) is 8.78. The lowest BCUT2D eigenvalue weighted by atomic mass is 9.45. The van der Waals surface area contributed by atoms with Crippen LogP contribution >= 0.6 is 15.9 Å². The maximum absolute atomic E-state index is 12.5. The van der Waals surface area contributed by atoms with Crippen LogP contribution in [0.4, 0.5) is 0 Å². The molecule has 4 saturated carbocycles. The third-order valence-electron chi connectivity index (χ3n) is 8.68. The largest absolute Gasteiger partial charge is 0.393 e. The Hall–Kier alpha value is 0.0700. The molecule has 5 fully saturated rings. The molecule has 0 aromatic rings. The highest BCUT2D eigenvalue weighted by Gasteiger charge is 2.72. The highest BCUT2D eigenvalue weighted by atomic mass is 79.9. The molecule has 23 heavy (non-hydrogen) atoms. The molecule has 0 aromatic heterocycles. The second-order valence-corrected chi connectivity index (χ2v) is 10.7. The van der Waals surface area contributed by atoms with Crippen LogP contribution in [-0.2, 0) is 9.53 Å². The third kappa shape index (κ3) is 1.67. The molecular formula is C19H27BrO3. The summed E-state index contributed by atoms with van der Waals surface area (Å²) in [6, 6.07) is 0. The van der Waals surface area contributed by atoms with Gasteiger partial charge in [-0.25, -0.2) is 0 Å². The normalized spacial score (nSPS) is 61.0. The van der Waals surface area contributed by atoms with Crippen molar-refractivity contribution in [2.24, 2.45) is 28.6 Å². The number of alkyl halides is 1. The molecule has 1 heterocycles. The molecule has 4 aliphatic carbocycles. The molecule has 1 N–H and O–H groups in total. The van der Waals surface area contributed by atoms with Crippen LogP contribution in [0.5, 0.6) is 0 Å². The van der Waals surface area contributed by atoms with Gasteiger partial charge in [-0.05, 0) is 62.7 Å². The van der Waals surface area contributed by atoms with Crippen LogP contribution in [0.25, 0.3) is 0 Å². The van der Waals surface area contributed by atoms with Gasteiger partial charge in [-0.15, -0.1) is 0 Å². The Balaban J connectivity index is 1.56. The number of aliphatic hydroxyl groups is 1. The number of ether oxygens (including phenoxy) is 1. The summed E-state index contributed by atoms with van der Waals surface area (Å²) < 4.78 is 6.29. The number of fused-ring (bicyclic) bond motifs is 3. The highest BCUT2D eigenvalue weighted by molar-refractivity contribution is 9.10. The molecule has 0 radical (unpaired) electrons. The van der Waals surface area contributed by atoms with Crippen molar-refractivity contribution in [2.75, 3.05) is 6.61 Å². The van der Waals surface area contributed by atoms with E-state index in [1.807, 2.05) is 0 Å². The van der Waals surface area contributed by atoms with Crippen molar-refractivity contribution in [1.82, 2.24) is 0 Å². The molecular weight excluding hydrogens is 356 g/mol. The average molecular weight is 383 g/mol. The Morgan fingerprint density at radius 1 is 1.22 bits per heavy atom. The van der Waals surface area contributed by atoms with Gasteiger partial charge >= 0.3 is 0 Å². The zero-order valence-electron chi connectivity index (χ0n) is 13.9. The SMILES string of the molecule is C[C@]12CC[C@@H]3[C@H](C[C@H]4OC[C@@]35CC[C@H](O)C[C@]45Br)[C@@H]1CCC2=O. The van der Waals surface area contributed by atoms with Gasteiger partial charge in [0.15, 0.2) is 0 Å². The van der Waals surface area contributed by atoms with Gasteiger partial charge in [0.1, 0.15) is 5.78 Å². The lowest BCUT2D eigenvalue weighted by molar-refractivity contribution is -0.136. The predicted octanol–water partition coefficient (Wildman–Crippen LogP) is 3.47. The van der Waals surface area contributed by atoms with Gasteiger partial charge in [0.2, 0.25) is 0 Å². The minimum absolute atomic E-state index is 0.0326. The summed E-state index contributed by atoms with van der Waals surface area (Å²) in [5, 5.41) is 10.3. The van der Waals surface area contributed by atoms with Gasteiger partial charge in [-0.2, -0.15) is 0 Å². The zero-order valence-corrected chi connectivity index (χ0v) is 15.5. The first kappa shape index (κ1) is 15.3. The van der Waals surface area contributed by atoms with E-state index in [0.717, 1.165) is 51.6 Å². The number of Topliss-reactive ketones (excluding diaryl/α,β-unsaturated/α-hetero) is 1. The van der Waals surface area contributed by atoms with E-state index < -0.39 is 0 Å². The van der Waals surface area contributed by atoms with Gasteiger partial charge < -0.3 is 9.84 Å². The molecule has 5 rings (SSSR count). The summed E-state index contributed by atoms with van der Waals surface area (Å²) in [7, 11) is 0. The number of carbonyl (C=O) groups excluding carboxylic acids is 1. The summed E-state index contributed by atoms with van der Waals surface area (Å²) in [6.07, 6.45) is 8.06. The van der Waals surface area contributed by atoms with Gasteiger partial charge in [-0.1, -0.05) is 22.9 Å². The molecule has 1 saturated heterocycles. The third-order valence-corrected chi connectivity index (χ3v) is 10.3. The van der Waals surface area contributed by atoms with Gasteiger partial charge in [0.25, 0.3) is 0 Å². The van der Waals surface area contributed by atoms with Crippen molar-refractivity contribution < 1.29 is 14.6 Å². The molecule has 0 aromatic carbocycles. The average Bonchev–Trinajstić information content (AvgIpc) is 2.88. The maximum atomic E-state index is 12.5. The Kier molecular flexibility index (Phi) is 3.08. The van der Waals surface area contributed by atoms with E-state index in [0.29, 0.717) is 23.5 Å². The second-order valence-electron chi connectivity index (χ2n) is 9.25. The molecule has 0 unspecified atom stereocenters. The van der Waals surface area contributed by atoms with E-state index in [2.05, 4.69) is 22.9 Å². The summed E-state index contributed by atoms with van der Waals surface area (Å²) in [6.45, 7) is 3.10. The van der Waals surface area contributed by atoms with Crippen LogP contribution in [0.1, 0.15) is 58.3 Å². The van der Waals surface area contributed by atoms with E-state index >= 15 is 0 Å². The minimum Gasteiger partial charge on any atom is -0.393 e. The van der Waals surface area contributed by atoms with Crippen LogP contribution in [0.15, 0.2) is 0 Å². The van der Waals surface area contributed by atoms with Crippen LogP contribution in [0.2, 0.25) is 0 Å². The van der Waals surface area contributed by atoms with E-state index in [4.69, 9.17) is 4.74 Å². The van der Waals surface area contributed by atoms with Crippen LogP contribution in [0, 0.1) is 28.6 Å². The number of rotatable bonds is 0. The lowest BCUT2D eigenvalue weighted by Crippen LogP contribution is -2.63. The summed E-state index contributed by atoms with van der Waals surface area (Å²) in [4.78, 5) is 12.5. The zero-order chi connectivity index (χ0) is 16.0. The molecule has 8 atom stereocenters. The summed E-state index contributed by atoms with van der Waals surface area (Å²) in [5.74, 6) is 2.39. The van der Waals surface area contributed by atoms with Crippen LogP contribution in [0.3, 0.4) is 0 Å². The Morgan fingerprint density at radius 3 is 2.87 bits per heavy atom. The molecule has 1 aliphatic heterocycles. The van der Waals surface area contributed by atoms with Crippen molar-refractivity contribution >= 4 is 21.7 Å². The van der Waals surface area contributed by atoms with Gasteiger partial charge in [0, 0.05) is 17.3 Å². The fourth-order valence-electron chi connectivity index (χ4n) is 7.48. The molecule has 5 aliphatic rings. The Bertz CT molecular complexity index is 565. The molecule has 3 nitrogen and oxygen atoms in total. The van der Waals surface area contributed by atoms with E-state index in [-0.39, 0.29) is 27.4 Å². The number of hydrogen-bond acceptors (Lipinski definition) is 3. The smallest absolute Gasteiger partial charge is 0.139 e. The van der Waals surface area contributed by atoms with Crippen LogP contribution in [-0.4, -0.2) is 34.0 Å². The van der Waals surface area contributed by atoms with Crippen molar-refractivity contribution in [1.29, 1.82) is 0 Å². The second kappa shape index (κ2) is 4.62. The first-order valence-corrected chi connectivity index (χ1v) is 10.2. The first-order valence-electron chi connectivity index (χ1n) is 9.43. The molecule has 2 bridgehead atoms. The molecule has 0 spiro atoms. The number of ketones is 1. The predicted molar refractivity (Wildman–Crippen MR) is 90.4 cm³/mol. The standard InChI is InChI=1S/C19H27BrO3/c1-17-6-5-14-12(13(17)2-3-15(17)22)8-16-19(20)9-11(21)4-7-18(14,19)10-23-16/h11-14,16,21H,2-10H2,1H3/t11-,12+,13-,14+,16+,17-,18-,19-/m0/s1. The van der Waals surface area contributed by atoms with Crippen molar-refractivity contribution in [3.63, 3.8) is 0 Å². The number of aliphatic hydroxyl groups excluding tert-OH is 1. The van der Waals surface area contributed by atoms with Crippen molar-refractivity contribution in [2.45, 2.75) is 74.8 Å². The van der Waals surface area contributed by atoms with Gasteiger partial charge in [0.05, 0.1) is 23.1 Å². The maximum Gasteiger partial charge on any atom is 0.139 e. The van der Waals surface area contributed by atoms with Crippen LogP contribution < -0.4 is 0 Å². The lowest BCUT2D eigenvalue weighted by Gasteiger charge is -2.61. The highest BCUT2D eigenvalue weighted by Crippen LogP contribution is 2.71. The molecule has 128 valence electrons. The first-order chi connectivity index (χ1) is 10.9. The Morgan fingerprint density at radius 2 is 2.04 bits per heavy atom. The van der Waals surface area contributed by atoms with E-state index in [1.54, 1.807) is 0 Å². The fraction of sp³-hybridized carbons (Fsp3) is 0.947.